The van der Waals surface area contributed by atoms with Crippen LogP contribution in [0, 0.1) is 5.92 Å². The van der Waals surface area contributed by atoms with Crippen LogP contribution in [0.2, 0.25) is 0 Å². The summed E-state index contributed by atoms with van der Waals surface area (Å²) < 4.78 is 81.9. The topological polar surface area (TPSA) is 46.9 Å². The summed E-state index contributed by atoms with van der Waals surface area (Å²) in [7, 11) is 1.68. The predicted molar refractivity (Wildman–Crippen MR) is 97.2 cm³/mol. The Morgan fingerprint density at radius 3 is 2.20 bits per heavy atom. The van der Waals surface area contributed by atoms with E-state index in [1.54, 1.807) is 11.7 Å². The maximum Gasteiger partial charge on any atom is 0.313 e. The van der Waals surface area contributed by atoms with Gasteiger partial charge in [-0.1, -0.05) is 6.42 Å². The number of halogens is 6. The van der Waals surface area contributed by atoms with Gasteiger partial charge in [-0.3, -0.25) is 9.48 Å². The average molecular weight is 437 g/mol. The minimum Gasteiger partial charge on any atom is -0.309 e. The Morgan fingerprint density at radius 2 is 1.70 bits per heavy atom. The molecule has 4 nitrogen and oxygen atoms in total. The molecule has 1 aromatic rings. The van der Waals surface area contributed by atoms with Crippen molar-refractivity contribution in [2.45, 2.75) is 87.4 Å². The van der Waals surface area contributed by atoms with Gasteiger partial charge in [0.25, 0.3) is 0 Å². The molecule has 0 aromatic carbocycles. The number of carbonyl (C=O) groups excluding carboxylic acids is 1. The summed E-state index contributed by atoms with van der Waals surface area (Å²) in [6.07, 6.45) is 1.21. The van der Waals surface area contributed by atoms with Crippen molar-refractivity contribution in [2.24, 2.45) is 13.0 Å². The van der Waals surface area contributed by atoms with Gasteiger partial charge in [0, 0.05) is 55.8 Å². The molecule has 0 radical (unpaired) electrons. The van der Waals surface area contributed by atoms with Crippen molar-refractivity contribution in [3.8, 4) is 0 Å². The summed E-state index contributed by atoms with van der Waals surface area (Å²) in [5, 5.41) is 6.89. The largest absolute Gasteiger partial charge is 0.313 e. The molecule has 0 saturated heterocycles. The van der Waals surface area contributed by atoms with Gasteiger partial charge in [-0.25, -0.2) is 8.78 Å². The van der Waals surface area contributed by atoms with Crippen LogP contribution in [0.15, 0.2) is 0 Å². The van der Waals surface area contributed by atoms with Crippen LogP contribution in [0.25, 0.3) is 0 Å². The normalized spacial score (nSPS) is 27.9. The van der Waals surface area contributed by atoms with Gasteiger partial charge in [0.2, 0.25) is 11.8 Å². The van der Waals surface area contributed by atoms with Gasteiger partial charge in [0.15, 0.2) is 5.82 Å². The number of carbonyl (C=O) groups is 1. The number of rotatable bonds is 5. The summed E-state index contributed by atoms with van der Waals surface area (Å²) in [5.41, 5.74) is 1.60. The first kappa shape index (κ1) is 21.5. The minimum atomic E-state index is -4.19. The second-order valence-electron chi connectivity index (χ2n) is 9.01. The molecule has 4 rings (SSSR count). The highest BCUT2D eigenvalue weighted by Gasteiger charge is 2.71. The highest BCUT2D eigenvalue weighted by atomic mass is 19.3. The lowest BCUT2D eigenvalue weighted by Crippen LogP contribution is -2.59. The van der Waals surface area contributed by atoms with Crippen molar-refractivity contribution in [1.29, 1.82) is 0 Å². The van der Waals surface area contributed by atoms with E-state index in [1.165, 1.54) is 0 Å². The van der Waals surface area contributed by atoms with Crippen LogP contribution in [0.5, 0.6) is 0 Å². The highest BCUT2D eigenvalue weighted by Crippen LogP contribution is 2.56. The first-order valence-corrected chi connectivity index (χ1v) is 10.4. The fraction of sp³-hybridized carbons (Fsp3) is 0.800. The maximum atomic E-state index is 13.6. The molecule has 0 aliphatic heterocycles. The molecular formula is C20H25F6N3O. The molecule has 3 fully saturated rings. The van der Waals surface area contributed by atoms with E-state index in [2.05, 4.69) is 10.4 Å². The third-order valence-corrected chi connectivity index (χ3v) is 6.94. The molecule has 30 heavy (non-hydrogen) atoms. The van der Waals surface area contributed by atoms with Crippen LogP contribution >= 0.6 is 0 Å². The first-order valence-electron chi connectivity index (χ1n) is 10.4. The number of nitrogens with zero attached hydrogens (tertiary/aromatic N) is 2. The van der Waals surface area contributed by atoms with E-state index in [1.807, 2.05) is 0 Å². The Bertz CT molecular complexity index is 823. The zero-order valence-corrected chi connectivity index (χ0v) is 16.7. The van der Waals surface area contributed by atoms with Crippen molar-refractivity contribution >= 4 is 11.7 Å². The molecule has 1 atom stereocenters. The molecule has 1 amide bonds. The molecule has 3 aliphatic rings. The number of hydrogen-bond acceptors (Lipinski definition) is 2. The number of aryl methyl sites for hydroxylation is 1. The van der Waals surface area contributed by atoms with E-state index >= 15 is 0 Å². The molecule has 3 saturated carbocycles. The molecule has 0 unspecified atom stereocenters. The van der Waals surface area contributed by atoms with E-state index in [0.29, 0.717) is 12.8 Å². The number of amides is 1. The fourth-order valence-corrected chi connectivity index (χ4v) is 4.89. The molecule has 10 heteroatoms. The second kappa shape index (κ2) is 7.15. The van der Waals surface area contributed by atoms with Crippen molar-refractivity contribution in [1.82, 2.24) is 9.78 Å². The van der Waals surface area contributed by atoms with E-state index in [9.17, 15) is 31.1 Å². The average Bonchev–Trinajstić information content (AvgIpc) is 2.89. The Hall–Kier alpha value is -1.74. The molecule has 1 aromatic heterocycles. The Labute approximate surface area is 170 Å². The van der Waals surface area contributed by atoms with Crippen LogP contribution in [-0.4, -0.2) is 33.5 Å². The zero-order valence-electron chi connectivity index (χ0n) is 16.7. The third kappa shape index (κ3) is 3.60. The molecular weight excluding hydrogens is 412 g/mol. The Balaban J connectivity index is 1.52. The third-order valence-electron chi connectivity index (χ3n) is 6.94. The number of aromatic nitrogens is 2. The lowest BCUT2D eigenvalue weighted by atomic mass is 9.74. The fourth-order valence-electron chi connectivity index (χ4n) is 4.89. The number of anilines is 1. The zero-order chi connectivity index (χ0) is 21.9. The molecule has 0 spiro atoms. The van der Waals surface area contributed by atoms with Crippen LogP contribution in [0.3, 0.4) is 0 Å². The molecule has 168 valence electrons. The summed E-state index contributed by atoms with van der Waals surface area (Å²) in [6, 6.07) is 0. The van der Waals surface area contributed by atoms with Gasteiger partial charge < -0.3 is 5.32 Å². The monoisotopic (exact) mass is 437 g/mol. The molecule has 1 heterocycles. The van der Waals surface area contributed by atoms with Crippen LogP contribution in [-0.2, 0) is 11.8 Å². The van der Waals surface area contributed by atoms with Crippen LogP contribution < -0.4 is 5.32 Å². The van der Waals surface area contributed by atoms with Gasteiger partial charge in [-0.15, -0.1) is 0 Å². The lowest BCUT2D eigenvalue weighted by Gasteiger charge is -2.43. The number of hydrogen-bond donors (Lipinski definition) is 1. The quantitative estimate of drug-likeness (QED) is 0.610. The smallest absolute Gasteiger partial charge is 0.309 e. The molecule has 0 bridgehead atoms. The van der Waals surface area contributed by atoms with Gasteiger partial charge >= 0.3 is 11.8 Å². The van der Waals surface area contributed by atoms with Crippen molar-refractivity contribution < 1.29 is 31.1 Å². The SMILES string of the molecule is Cn1nc(NC(=O)C[C@@H]2CC(F)(F)C2(F)F)c(C2CCC2)c1C1CCC(F)(F)CC1. The van der Waals surface area contributed by atoms with Crippen molar-refractivity contribution in [3.63, 3.8) is 0 Å². The van der Waals surface area contributed by atoms with E-state index in [-0.39, 0.29) is 30.5 Å². The van der Waals surface area contributed by atoms with Gasteiger partial charge in [0.05, 0.1) is 0 Å². The van der Waals surface area contributed by atoms with Crippen molar-refractivity contribution in [2.75, 3.05) is 5.32 Å². The second-order valence-corrected chi connectivity index (χ2v) is 9.01. The first-order chi connectivity index (χ1) is 13.9. The maximum absolute atomic E-state index is 13.6. The standard InChI is InChI=1S/C20H25F6N3O/c1-29-16(12-5-7-18(21,22)8-6-12)15(11-3-2-4-11)17(28-29)27-14(30)9-13-10-19(23,24)20(13,25)26/h11-13H,2-10H2,1H3,(H,27,28,30)/t13-/m1/s1. The summed E-state index contributed by atoms with van der Waals surface area (Å²) in [4.78, 5) is 12.3. The van der Waals surface area contributed by atoms with Gasteiger partial charge in [-0.2, -0.15) is 22.7 Å². The van der Waals surface area contributed by atoms with E-state index in [0.717, 1.165) is 30.5 Å². The summed E-state index contributed by atoms with van der Waals surface area (Å²) in [5.74, 6) is -13.2. The van der Waals surface area contributed by atoms with Crippen molar-refractivity contribution in [3.05, 3.63) is 11.3 Å². The summed E-state index contributed by atoms with van der Waals surface area (Å²) >= 11 is 0. The van der Waals surface area contributed by atoms with Crippen LogP contribution in [0.4, 0.5) is 32.2 Å². The van der Waals surface area contributed by atoms with Gasteiger partial charge in [0.1, 0.15) is 0 Å². The predicted octanol–water partition coefficient (Wildman–Crippen LogP) is 5.60. The van der Waals surface area contributed by atoms with E-state index in [4.69, 9.17) is 0 Å². The molecule has 3 aliphatic carbocycles. The molecule has 1 N–H and O–H groups in total. The highest BCUT2D eigenvalue weighted by molar-refractivity contribution is 5.91. The Morgan fingerprint density at radius 1 is 1.07 bits per heavy atom. The van der Waals surface area contributed by atoms with Crippen LogP contribution in [0.1, 0.15) is 80.9 Å². The number of nitrogens with one attached hydrogen (secondary N) is 1. The number of alkyl halides is 6. The Kier molecular flexibility index (Phi) is 5.12. The lowest BCUT2D eigenvalue weighted by molar-refractivity contribution is -0.313. The van der Waals surface area contributed by atoms with E-state index < -0.39 is 42.4 Å². The van der Waals surface area contributed by atoms with Gasteiger partial charge in [-0.05, 0) is 31.6 Å². The minimum absolute atomic E-state index is 0.113. The summed E-state index contributed by atoms with van der Waals surface area (Å²) in [6.45, 7) is 0.